The largest absolute Gasteiger partial charge is 0.390 e. The second-order valence-electron chi connectivity index (χ2n) is 8.60. The molecule has 0 aromatic carbocycles. The molecule has 0 unspecified atom stereocenters. The minimum absolute atomic E-state index is 0.0809. The number of hydrogen-bond acceptors (Lipinski definition) is 5. The standard InChI is InChI=1S/C22H32N4O2/c1-15-12-16(14-24-19(15)13-20(23-4)26-10-5-11-26)21(27)25-18-8-6-17(7-9-18)22(2,3)28/h12-14,17-18,28H,4-11H2,1-3H3,(H,25,27)/b20-13+/t17-,18-. The van der Waals surface area contributed by atoms with Crippen LogP contribution in [0.1, 0.15) is 67.6 Å². The Morgan fingerprint density at radius 2 is 2.04 bits per heavy atom. The van der Waals surface area contributed by atoms with E-state index in [9.17, 15) is 9.90 Å². The van der Waals surface area contributed by atoms with Crippen molar-refractivity contribution in [1.82, 2.24) is 15.2 Å². The quantitative estimate of drug-likeness (QED) is 0.739. The zero-order valence-electron chi connectivity index (χ0n) is 17.2. The number of nitrogens with zero attached hydrogens (tertiary/aromatic N) is 3. The lowest BCUT2D eigenvalue weighted by Crippen LogP contribution is -2.41. The van der Waals surface area contributed by atoms with Gasteiger partial charge < -0.3 is 15.3 Å². The number of likely N-dealkylation sites (tertiary alicyclic amines) is 1. The average molecular weight is 385 g/mol. The van der Waals surface area contributed by atoms with Crippen molar-refractivity contribution < 1.29 is 9.90 Å². The highest BCUT2D eigenvalue weighted by atomic mass is 16.3. The van der Waals surface area contributed by atoms with E-state index in [1.807, 2.05) is 32.9 Å². The van der Waals surface area contributed by atoms with Crippen LogP contribution in [0.15, 0.2) is 23.1 Å². The van der Waals surface area contributed by atoms with Gasteiger partial charge in [0.2, 0.25) is 0 Å². The molecule has 1 saturated carbocycles. The van der Waals surface area contributed by atoms with Crippen LogP contribution in [0.3, 0.4) is 0 Å². The minimum atomic E-state index is -0.644. The number of carbonyl (C=O) groups excluding carboxylic acids is 1. The molecule has 1 aliphatic carbocycles. The number of pyridine rings is 1. The van der Waals surface area contributed by atoms with Gasteiger partial charge in [-0.05, 0) is 77.1 Å². The fourth-order valence-electron chi connectivity index (χ4n) is 3.98. The van der Waals surface area contributed by atoms with E-state index in [0.717, 1.165) is 55.9 Å². The van der Waals surface area contributed by atoms with Crippen LogP contribution in [0.5, 0.6) is 0 Å². The molecule has 0 radical (unpaired) electrons. The first-order valence-electron chi connectivity index (χ1n) is 10.2. The Bertz CT molecular complexity index is 754. The maximum absolute atomic E-state index is 12.6. The molecule has 2 heterocycles. The molecule has 0 atom stereocenters. The van der Waals surface area contributed by atoms with Crippen LogP contribution in [0.25, 0.3) is 6.08 Å². The molecule has 1 aliphatic heterocycles. The summed E-state index contributed by atoms with van der Waals surface area (Å²) in [6, 6.07) is 2.04. The third-order valence-corrected chi connectivity index (χ3v) is 6.05. The molecule has 0 bridgehead atoms. The van der Waals surface area contributed by atoms with Crippen molar-refractivity contribution in [3.63, 3.8) is 0 Å². The molecule has 0 spiro atoms. The fourth-order valence-corrected chi connectivity index (χ4v) is 3.98. The van der Waals surface area contributed by atoms with Gasteiger partial charge in [-0.3, -0.25) is 9.78 Å². The first-order valence-corrected chi connectivity index (χ1v) is 10.2. The second-order valence-corrected chi connectivity index (χ2v) is 8.60. The number of hydrogen-bond donors (Lipinski definition) is 2. The summed E-state index contributed by atoms with van der Waals surface area (Å²) in [5.41, 5.74) is 1.70. The molecule has 3 rings (SSSR count). The number of rotatable bonds is 6. The van der Waals surface area contributed by atoms with Crippen LogP contribution in [-0.4, -0.2) is 52.3 Å². The van der Waals surface area contributed by atoms with Gasteiger partial charge >= 0.3 is 0 Å². The molecule has 152 valence electrons. The SMILES string of the molecule is C=N/C(=C\c1ncc(C(=O)N[C@H]2CC[C@H](C(C)(C)O)CC2)cc1C)N1CCC1. The highest BCUT2D eigenvalue weighted by Crippen LogP contribution is 2.32. The van der Waals surface area contributed by atoms with Crippen molar-refractivity contribution in [3.8, 4) is 0 Å². The van der Waals surface area contributed by atoms with Gasteiger partial charge in [0.15, 0.2) is 0 Å². The Labute approximate surface area is 167 Å². The van der Waals surface area contributed by atoms with E-state index >= 15 is 0 Å². The first kappa shape index (κ1) is 20.5. The molecule has 2 N–H and O–H groups in total. The van der Waals surface area contributed by atoms with Crippen molar-refractivity contribution >= 4 is 18.7 Å². The summed E-state index contributed by atoms with van der Waals surface area (Å²) in [5.74, 6) is 1.06. The first-order chi connectivity index (χ1) is 13.3. The smallest absolute Gasteiger partial charge is 0.253 e. The predicted molar refractivity (Wildman–Crippen MR) is 112 cm³/mol. The van der Waals surface area contributed by atoms with Gasteiger partial charge in [-0.2, -0.15) is 0 Å². The topological polar surface area (TPSA) is 77.8 Å². The Kier molecular flexibility index (Phi) is 6.18. The van der Waals surface area contributed by atoms with Gasteiger partial charge in [0, 0.05) is 31.4 Å². The van der Waals surface area contributed by atoms with Crippen LogP contribution < -0.4 is 5.32 Å². The van der Waals surface area contributed by atoms with E-state index < -0.39 is 5.60 Å². The highest BCUT2D eigenvalue weighted by molar-refractivity contribution is 5.94. The number of aliphatic hydroxyl groups is 1. The van der Waals surface area contributed by atoms with Crippen molar-refractivity contribution in [2.45, 2.75) is 64.5 Å². The lowest BCUT2D eigenvalue weighted by molar-refractivity contribution is -0.00257. The molecule has 2 aliphatic rings. The predicted octanol–water partition coefficient (Wildman–Crippen LogP) is 3.15. The molecule has 28 heavy (non-hydrogen) atoms. The summed E-state index contributed by atoms with van der Waals surface area (Å²) in [6.45, 7) is 11.4. The number of amides is 1. The maximum Gasteiger partial charge on any atom is 0.253 e. The summed E-state index contributed by atoms with van der Waals surface area (Å²) >= 11 is 0. The van der Waals surface area contributed by atoms with Crippen LogP contribution in [0, 0.1) is 12.8 Å². The monoisotopic (exact) mass is 384 g/mol. The molecule has 1 amide bonds. The van der Waals surface area contributed by atoms with Crippen molar-refractivity contribution in [3.05, 3.63) is 34.9 Å². The van der Waals surface area contributed by atoms with Gasteiger partial charge in [0.05, 0.1) is 16.9 Å². The maximum atomic E-state index is 12.6. The van der Waals surface area contributed by atoms with E-state index in [4.69, 9.17) is 0 Å². The Morgan fingerprint density at radius 1 is 1.36 bits per heavy atom. The molecule has 1 aromatic heterocycles. The van der Waals surface area contributed by atoms with Gasteiger partial charge in [0.1, 0.15) is 5.82 Å². The van der Waals surface area contributed by atoms with Crippen molar-refractivity contribution in [1.29, 1.82) is 0 Å². The van der Waals surface area contributed by atoms with Crippen LogP contribution >= 0.6 is 0 Å². The Balaban J connectivity index is 1.61. The van der Waals surface area contributed by atoms with Gasteiger partial charge in [-0.25, -0.2) is 4.99 Å². The van der Waals surface area contributed by atoms with E-state index in [2.05, 4.69) is 26.9 Å². The molecule has 2 fully saturated rings. The Hall–Kier alpha value is -2.21. The second kappa shape index (κ2) is 8.43. The van der Waals surface area contributed by atoms with Crippen LogP contribution in [-0.2, 0) is 0 Å². The van der Waals surface area contributed by atoms with Crippen molar-refractivity contribution in [2.24, 2.45) is 10.9 Å². The number of aliphatic imine (C=N–C) groups is 1. The molecule has 6 heteroatoms. The van der Waals surface area contributed by atoms with Gasteiger partial charge in [0.25, 0.3) is 5.91 Å². The zero-order chi connectivity index (χ0) is 20.3. The summed E-state index contributed by atoms with van der Waals surface area (Å²) in [4.78, 5) is 23.4. The van der Waals surface area contributed by atoms with Crippen LogP contribution in [0.2, 0.25) is 0 Å². The van der Waals surface area contributed by atoms with Crippen LogP contribution in [0.4, 0.5) is 0 Å². The molecular weight excluding hydrogens is 352 g/mol. The highest BCUT2D eigenvalue weighted by Gasteiger charge is 2.31. The van der Waals surface area contributed by atoms with E-state index in [1.54, 1.807) is 6.20 Å². The molecule has 6 nitrogen and oxygen atoms in total. The average Bonchev–Trinajstić information content (AvgIpc) is 2.60. The zero-order valence-corrected chi connectivity index (χ0v) is 17.2. The molecule has 1 saturated heterocycles. The number of nitrogens with one attached hydrogen (secondary N) is 1. The summed E-state index contributed by atoms with van der Waals surface area (Å²) in [7, 11) is 0. The normalized spacial score (nSPS) is 23.1. The summed E-state index contributed by atoms with van der Waals surface area (Å²) < 4.78 is 0. The van der Waals surface area contributed by atoms with E-state index in [1.165, 1.54) is 6.42 Å². The molecule has 1 aromatic rings. The summed E-state index contributed by atoms with van der Waals surface area (Å²) in [6.07, 6.45) is 8.41. The third kappa shape index (κ3) is 4.79. The lowest BCUT2D eigenvalue weighted by atomic mass is 9.77. The fraction of sp³-hybridized carbons (Fsp3) is 0.591. The lowest BCUT2D eigenvalue weighted by Gasteiger charge is -2.36. The van der Waals surface area contributed by atoms with E-state index in [0.29, 0.717) is 11.5 Å². The number of carbonyl (C=O) groups is 1. The van der Waals surface area contributed by atoms with Gasteiger partial charge in [-0.1, -0.05) is 0 Å². The Morgan fingerprint density at radius 3 is 2.54 bits per heavy atom. The summed E-state index contributed by atoms with van der Waals surface area (Å²) in [5, 5.41) is 13.3. The third-order valence-electron chi connectivity index (χ3n) is 6.05. The molecular formula is C22H32N4O2. The van der Waals surface area contributed by atoms with E-state index in [-0.39, 0.29) is 11.9 Å². The number of aromatic nitrogens is 1. The van der Waals surface area contributed by atoms with Crippen molar-refractivity contribution in [2.75, 3.05) is 13.1 Å². The number of aryl methyl sites for hydroxylation is 1. The minimum Gasteiger partial charge on any atom is -0.390 e. The van der Waals surface area contributed by atoms with Gasteiger partial charge in [-0.15, -0.1) is 0 Å².